The van der Waals surface area contributed by atoms with Gasteiger partial charge in [0.1, 0.15) is 5.60 Å². The topological polar surface area (TPSA) is 52.6 Å². The summed E-state index contributed by atoms with van der Waals surface area (Å²) in [6.07, 6.45) is 1.40. The Kier molecular flexibility index (Phi) is 3.13. The lowest BCUT2D eigenvalue weighted by atomic mass is 9.87. The van der Waals surface area contributed by atoms with Crippen LogP contribution >= 0.6 is 0 Å². The highest BCUT2D eigenvalue weighted by molar-refractivity contribution is 5.73. The number of hydrogen-bond donors (Lipinski definition) is 0. The lowest BCUT2D eigenvalue weighted by molar-refractivity contribution is -0.146. The monoisotopic (exact) mass is 200 g/mol. The van der Waals surface area contributed by atoms with Gasteiger partial charge in [-0.25, -0.2) is 0 Å². The lowest BCUT2D eigenvalue weighted by Gasteiger charge is -2.24. The summed E-state index contributed by atoms with van der Waals surface area (Å²) < 4.78 is 9.68. The first kappa shape index (κ1) is 11.0. The molecule has 80 valence electrons. The van der Waals surface area contributed by atoms with Crippen molar-refractivity contribution in [3.63, 3.8) is 0 Å². The molecule has 1 fully saturated rings. The highest BCUT2D eigenvalue weighted by atomic mass is 16.6. The van der Waals surface area contributed by atoms with Gasteiger partial charge in [0, 0.05) is 12.3 Å². The van der Waals surface area contributed by atoms with E-state index in [4.69, 9.17) is 4.74 Å². The maximum Gasteiger partial charge on any atom is 0.306 e. The van der Waals surface area contributed by atoms with Crippen molar-refractivity contribution in [1.82, 2.24) is 0 Å². The van der Waals surface area contributed by atoms with Gasteiger partial charge in [-0.1, -0.05) is 0 Å². The molecule has 4 heteroatoms. The van der Waals surface area contributed by atoms with Gasteiger partial charge in [-0.3, -0.25) is 9.59 Å². The second kappa shape index (κ2) is 3.98. The minimum Gasteiger partial charge on any atom is -0.469 e. The molecule has 1 rings (SSSR count). The van der Waals surface area contributed by atoms with Crippen molar-refractivity contribution in [3.05, 3.63) is 0 Å². The zero-order valence-electron chi connectivity index (χ0n) is 8.83. The highest BCUT2D eigenvalue weighted by Crippen LogP contribution is 2.35. The SMILES string of the molecule is COC(=O)CCC1CC(=O)OC1(C)C. The van der Waals surface area contributed by atoms with Crippen molar-refractivity contribution >= 4 is 11.9 Å². The number of esters is 2. The predicted octanol–water partition coefficient (Wildman–Crippen LogP) is 1.28. The molecule has 1 aliphatic rings. The molecule has 0 bridgehead atoms. The van der Waals surface area contributed by atoms with E-state index in [0.29, 0.717) is 19.3 Å². The van der Waals surface area contributed by atoms with Gasteiger partial charge in [-0.05, 0) is 20.3 Å². The summed E-state index contributed by atoms with van der Waals surface area (Å²) in [7, 11) is 1.36. The number of hydrogen-bond acceptors (Lipinski definition) is 4. The molecule has 0 saturated carbocycles. The van der Waals surface area contributed by atoms with Crippen molar-refractivity contribution in [2.75, 3.05) is 7.11 Å². The van der Waals surface area contributed by atoms with Crippen molar-refractivity contribution < 1.29 is 19.1 Å². The molecule has 1 aliphatic heterocycles. The van der Waals surface area contributed by atoms with Crippen molar-refractivity contribution in [2.45, 2.75) is 38.7 Å². The highest BCUT2D eigenvalue weighted by Gasteiger charge is 2.41. The van der Waals surface area contributed by atoms with Crippen molar-refractivity contribution in [1.29, 1.82) is 0 Å². The number of carbonyl (C=O) groups is 2. The van der Waals surface area contributed by atoms with Gasteiger partial charge in [0.25, 0.3) is 0 Å². The van der Waals surface area contributed by atoms with E-state index in [9.17, 15) is 9.59 Å². The molecule has 0 aromatic rings. The normalized spacial score (nSPS) is 24.5. The van der Waals surface area contributed by atoms with Gasteiger partial charge in [0.05, 0.1) is 13.5 Å². The molecule has 0 aliphatic carbocycles. The molecule has 0 amide bonds. The van der Waals surface area contributed by atoms with E-state index in [0.717, 1.165) is 0 Å². The molecule has 1 heterocycles. The van der Waals surface area contributed by atoms with Gasteiger partial charge >= 0.3 is 11.9 Å². The standard InChI is InChI=1S/C10H16O4/c1-10(2)7(6-9(12)14-10)4-5-8(11)13-3/h7H,4-6H2,1-3H3. The van der Waals surface area contributed by atoms with E-state index in [1.165, 1.54) is 7.11 Å². The maximum atomic E-state index is 11.0. The predicted molar refractivity (Wildman–Crippen MR) is 49.5 cm³/mol. The first-order valence-corrected chi connectivity index (χ1v) is 4.74. The Bertz CT molecular complexity index is 245. The summed E-state index contributed by atoms with van der Waals surface area (Å²) in [4.78, 5) is 22.0. The van der Waals surface area contributed by atoms with Gasteiger partial charge in [0.2, 0.25) is 0 Å². The quantitative estimate of drug-likeness (QED) is 0.644. The zero-order chi connectivity index (χ0) is 10.8. The summed E-state index contributed by atoms with van der Waals surface area (Å²) in [5.41, 5.74) is -0.439. The summed E-state index contributed by atoms with van der Waals surface area (Å²) in [5, 5.41) is 0. The Labute approximate surface area is 83.6 Å². The van der Waals surface area contributed by atoms with Crippen LogP contribution < -0.4 is 0 Å². The van der Waals surface area contributed by atoms with E-state index in [2.05, 4.69) is 4.74 Å². The summed E-state index contributed by atoms with van der Waals surface area (Å²) >= 11 is 0. The van der Waals surface area contributed by atoms with Crippen LogP contribution in [-0.2, 0) is 19.1 Å². The van der Waals surface area contributed by atoms with Crippen LogP contribution in [-0.4, -0.2) is 24.6 Å². The minimum absolute atomic E-state index is 0.120. The fraction of sp³-hybridized carbons (Fsp3) is 0.800. The number of cyclic esters (lactones) is 1. The van der Waals surface area contributed by atoms with E-state index in [-0.39, 0.29) is 17.9 Å². The molecule has 4 nitrogen and oxygen atoms in total. The zero-order valence-corrected chi connectivity index (χ0v) is 8.83. The molecule has 0 spiro atoms. The molecular formula is C10H16O4. The fourth-order valence-electron chi connectivity index (χ4n) is 1.71. The third kappa shape index (κ3) is 2.47. The van der Waals surface area contributed by atoms with E-state index >= 15 is 0 Å². The van der Waals surface area contributed by atoms with Crippen LogP contribution in [0.3, 0.4) is 0 Å². The lowest BCUT2D eigenvalue weighted by Crippen LogP contribution is -2.27. The van der Waals surface area contributed by atoms with E-state index < -0.39 is 5.60 Å². The summed E-state index contributed by atoms with van der Waals surface area (Å²) in [6, 6.07) is 0. The largest absolute Gasteiger partial charge is 0.469 e. The maximum absolute atomic E-state index is 11.0. The first-order chi connectivity index (χ1) is 6.45. The smallest absolute Gasteiger partial charge is 0.306 e. The van der Waals surface area contributed by atoms with Crippen molar-refractivity contribution in [2.24, 2.45) is 5.92 Å². The third-order valence-corrected chi connectivity index (χ3v) is 2.70. The Balaban J connectivity index is 2.45. The number of methoxy groups -OCH3 is 1. The third-order valence-electron chi connectivity index (χ3n) is 2.70. The van der Waals surface area contributed by atoms with E-state index in [1.807, 2.05) is 13.8 Å². The van der Waals surface area contributed by atoms with Crippen LogP contribution in [0.15, 0.2) is 0 Å². The summed E-state index contributed by atoms with van der Waals surface area (Å²) in [6.45, 7) is 3.75. The second-order valence-corrected chi connectivity index (χ2v) is 4.09. The first-order valence-electron chi connectivity index (χ1n) is 4.74. The molecule has 14 heavy (non-hydrogen) atoms. The Morgan fingerprint density at radius 3 is 2.71 bits per heavy atom. The van der Waals surface area contributed by atoms with Crippen LogP contribution in [0.4, 0.5) is 0 Å². The molecule has 1 unspecified atom stereocenters. The summed E-state index contributed by atoms with van der Waals surface area (Å²) in [5.74, 6) is -0.292. The molecule has 1 saturated heterocycles. The van der Waals surface area contributed by atoms with Crippen molar-refractivity contribution in [3.8, 4) is 0 Å². The van der Waals surface area contributed by atoms with Gasteiger partial charge < -0.3 is 9.47 Å². The minimum atomic E-state index is -0.439. The van der Waals surface area contributed by atoms with E-state index in [1.54, 1.807) is 0 Å². The van der Waals surface area contributed by atoms with Crippen LogP contribution in [0.25, 0.3) is 0 Å². The average molecular weight is 200 g/mol. The van der Waals surface area contributed by atoms with Crippen LogP contribution in [0.1, 0.15) is 33.1 Å². The fourth-order valence-corrected chi connectivity index (χ4v) is 1.71. The van der Waals surface area contributed by atoms with Crippen LogP contribution in [0.2, 0.25) is 0 Å². The van der Waals surface area contributed by atoms with Crippen LogP contribution in [0.5, 0.6) is 0 Å². The molecule has 0 aromatic carbocycles. The Hall–Kier alpha value is -1.06. The number of carbonyl (C=O) groups excluding carboxylic acids is 2. The Morgan fingerprint density at radius 1 is 1.64 bits per heavy atom. The molecule has 1 atom stereocenters. The molecular weight excluding hydrogens is 184 g/mol. The second-order valence-electron chi connectivity index (χ2n) is 4.09. The number of ether oxygens (including phenoxy) is 2. The number of rotatable bonds is 3. The Morgan fingerprint density at radius 2 is 2.29 bits per heavy atom. The molecule has 0 radical (unpaired) electrons. The molecule has 0 N–H and O–H groups in total. The van der Waals surface area contributed by atoms with Gasteiger partial charge in [0.15, 0.2) is 0 Å². The van der Waals surface area contributed by atoms with Crippen LogP contribution in [0, 0.1) is 5.92 Å². The van der Waals surface area contributed by atoms with Gasteiger partial charge in [-0.15, -0.1) is 0 Å². The average Bonchev–Trinajstić information content (AvgIpc) is 2.35. The van der Waals surface area contributed by atoms with Gasteiger partial charge in [-0.2, -0.15) is 0 Å². The molecule has 0 aromatic heterocycles.